The van der Waals surface area contributed by atoms with Gasteiger partial charge < -0.3 is 9.73 Å². The van der Waals surface area contributed by atoms with E-state index in [1.165, 1.54) is 0 Å². The van der Waals surface area contributed by atoms with E-state index in [4.69, 9.17) is 27.6 Å². The minimum atomic E-state index is -1.29. The van der Waals surface area contributed by atoms with E-state index in [0.29, 0.717) is 27.0 Å². The van der Waals surface area contributed by atoms with Crippen LogP contribution in [-0.2, 0) is 16.9 Å². The van der Waals surface area contributed by atoms with Crippen LogP contribution in [-0.4, -0.2) is 16.8 Å². The molecule has 132 valence electrons. The molecule has 1 saturated heterocycles. The molecule has 1 fully saturated rings. The Morgan fingerprint density at radius 1 is 1.08 bits per heavy atom. The summed E-state index contributed by atoms with van der Waals surface area (Å²) < 4.78 is 5.81. The molecule has 1 aromatic heterocycles. The molecule has 7 heteroatoms. The van der Waals surface area contributed by atoms with Gasteiger partial charge in [0.2, 0.25) is 0 Å². The van der Waals surface area contributed by atoms with Crippen molar-refractivity contribution < 1.29 is 14.0 Å². The smallest absolute Gasteiger partial charge is 0.325 e. The highest BCUT2D eigenvalue weighted by Crippen LogP contribution is 2.35. The van der Waals surface area contributed by atoms with E-state index < -0.39 is 17.5 Å². The summed E-state index contributed by atoms with van der Waals surface area (Å²) in [6, 6.07) is 13.7. The van der Waals surface area contributed by atoms with E-state index in [1.807, 2.05) is 24.3 Å². The van der Waals surface area contributed by atoms with Crippen molar-refractivity contribution in [2.45, 2.75) is 19.0 Å². The summed E-state index contributed by atoms with van der Waals surface area (Å²) >= 11 is 12.3. The Labute approximate surface area is 159 Å². The molecule has 2 heterocycles. The molecule has 2 aromatic carbocycles. The van der Waals surface area contributed by atoms with Crippen molar-refractivity contribution in [2.24, 2.45) is 0 Å². The number of nitrogens with one attached hydrogen (secondary N) is 1. The van der Waals surface area contributed by atoms with Crippen molar-refractivity contribution in [3.8, 4) is 0 Å². The van der Waals surface area contributed by atoms with Crippen molar-refractivity contribution >= 4 is 46.1 Å². The fourth-order valence-corrected chi connectivity index (χ4v) is 3.59. The van der Waals surface area contributed by atoms with Crippen LogP contribution >= 0.6 is 23.2 Å². The molecule has 0 saturated carbocycles. The van der Waals surface area contributed by atoms with Gasteiger partial charge in [0.05, 0.1) is 6.54 Å². The largest absolute Gasteiger partial charge is 0.458 e. The van der Waals surface area contributed by atoms with Crippen LogP contribution in [0.5, 0.6) is 0 Å². The molecule has 1 N–H and O–H groups in total. The van der Waals surface area contributed by atoms with Crippen molar-refractivity contribution in [3.05, 3.63) is 69.9 Å². The number of halogens is 2. The van der Waals surface area contributed by atoms with Gasteiger partial charge in [-0.1, -0.05) is 47.5 Å². The molecular formula is C19H14Cl2N2O3. The van der Waals surface area contributed by atoms with E-state index in [2.05, 4.69) is 5.32 Å². The SMILES string of the molecule is CC1(c2cc3ccccc3o2)NC(=O)N(Cc2c(Cl)cccc2Cl)C1=O. The zero-order valence-corrected chi connectivity index (χ0v) is 15.3. The van der Waals surface area contributed by atoms with Crippen LogP contribution in [0.25, 0.3) is 11.0 Å². The number of furan rings is 1. The van der Waals surface area contributed by atoms with Gasteiger partial charge in [-0.05, 0) is 31.2 Å². The molecule has 0 spiro atoms. The van der Waals surface area contributed by atoms with Gasteiger partial charge in [0.25, 0.3) is 5.91 Å². The molecule has 0 bridgehead atoms. The molecule has 0 radical (unpaired) electrons. The zero-order valence-electron chi connectivity index (χ0n) is 13.8. The number of hydrogen-bond donors (Lipinski definition) is 1. The predicted molar refractivity (Wildman–Crippen MR) is 99.1 cm³/mol. The molecule has 1 unspecified atom stereocenters. The van der Waals surface area contributed by atoms with Gasteiger partial charge in [0.1, 0.15) is 11.3 Å². The van der Waals surface area contributed by atoms with Gasteiger partial charge in [-0.25, -0.2) is 4.79 Å². The van der Waals surface area contributed by atoms with Crippen molar-refractivity contribution in [1.29, 1.82) is 0 Å². The molecule has 4 rings (SSSR count). The number of imide groups is 1. The summed E-state index contributed by atoms with van der Waals surface area (Å²) in [6.07, 6.45) is 0. The molecule has 26 heavy (non-hydrogen) atoms. The van der Waals surface area contributed by atoms with Gasteiger partial charge in [-0.2, -0.15) is 0 Å². The first-order valence-corrected chi connectivity index (χ1v) is 8.72. The number of carbonyl (C=O) groups is 2. The highest BCUT2D eigenvalue weighted by atomic mass is 35.5. The quantitative estimate of drug-likeness (QED) is 0.660. The Hall–Kier alpha value is -2.50. The van der Waals surface area contributed by atoms with E-state index in [0.717, 1.165) is 10.3 Å². The number of urea groups is 1. The number of rotatable bonds is 3. The van der Waals surface area contributed by atoms with Crippen LogP contribution in [0.15, 0.2) is 52.9 Å². The first kappa shape index (κ1) is 16.9. The lowest BCUT2D eigenvalue weighted by Crippen LogP contribution is -2.40. The second kappa shape index (κ2) is 6.04. The Bertz CT molecular complexity index is 993. The Balaban J connectivity index is 1.70. The molecule has 3 amide bonds. The van der Waals surface area contributed by atoms with Crippen LogP contribution in [0, 0.1) is 0 Å². The van der Waals surface area contributed by atoms with Crippen molar-refractivity contribution in [1.82, 2.24) is 10.2 Å². The predicted octanol–water partition coefficient (Wildman–Crippen LogP) is 4.71. The number of hydrogen-bond acceptors (Lipinski definition) is 3. The second-order valence-corrected chi connectivity index (χ2v) is 7.11. The first-order chi connectivity index (χ1) is 12.4. The summed E-state index contributed by atoms with van der Waals surface area (Å²) in [5.41, 5.74) is -0.115. The third-order valence-electron chi connectivity index (χ3n) is 4.57. The lowest BCUT2D eigenvalue weighted by molar-refractivity contribution is -0.132. The third kappa shape index (κ3) is 2.55. The van der Waals surface area contributed by atoms with Crippen LogP contribution in [0.4, 0.5) is 4.79 Å². The molecular weight excluding hydrogens is 375 g/mol. The zero-order chi connectivity index (χ0) is 18.5. The van der Waals surface area contributed by atoms with Gasteiger partial charge in [0, 0.05) is 21.0 Å². The van der Waals surface area contributed by atoms with Gasteiger partial charge in [-0.15, -0.1) is 0 Å². The van der Waals surface area contributed by atoms with E-state index >= 15 is 0 Å². The lowest BCUT2D eigenvalue weighted by Gasteiger charge is -2.19. The number of fused-ring (bicyclic) bond motifs is 1. The lowest BCUT2D eigenvalue weighted by atomic mass is 9.98. The topological polar surface area (TPSA) is 62.6 Å². The highest BCUT2D eigenvalue weighted by molar-refractivity contribution is 6.36. The maximum atomic E-state index is 13.0. The van der Waals surface area contributed by atoms with E-state index in [9.17, 15) is 9.59 Å². The molecule has 3 aromatic rings. The molecule has 1 atom stereocenters. The number of nitrogens with zero attached hydrogens (tertiary/aromatic N) is 1. The van der Waals surface area contributed by atoms with Crippen LogP contribution in [0.2, 0.25) is 10.0 Å². The third-order valence-corrected chi connectivity index (χ3v) is 5.28. The first-order valence-electron chi connectivity index (χ1n) is 7.96. The van der Waals surface area contributed by atoms with E-state index in [-0.39, 0.29) is 6.54 Å². The number of carbonyl (C=O) groups excluding carboxylic acids is 2. The average molecular weight is 389 g/mol. The minimum Gasteiger partial charge on any atom is -0.458 e. The van der Waals surface area contributed by atoms with Gasteiger partial charge in [0.15, 0.2) is 5.54 Å². The maximum Gasteiger partial charge on any atom is 0.325 e. The molecule has 1 aliphatic rings. The number of amides is 3. The highest BCUT2D eigenvalue weighted by Gasteiger charge is 2.51. The van der Waals surface area contributed by atoms with E-state index in [1.54, 1.807) is 31.2 Å². The standard InChI is InChI=1S/C19H14Cl2N2O3/c1-19(16-9-11-5-2-3-8-15(11)26-16)17(24)23(18(25)22-19)10-12-13(20)6-4-7-14(12)21/h2-9H,10H2,1H3,(H,22,25). The monoisotopic (exact) mass is 388 g/mol. The Morgan fingerprint density at radius 2 is 1.77 bits per heavy atom. The van der Waals surface area contributed by atoms with Crippen molar-refractivity contribution in [3.63, 3.8) is 0 Å². The Kier molecular flexibility index (Phi) is 3.93. The Morgan fingerprint density at radius 3 is 2.46 bits per heavy atom. The summed E-state index contributed by atoms with van der Waals surface area (Å²) in [5, 5.41) is 4.38. The van der Waals surface area contributed by atoms with Gasteiger partial charge in [-0.3, -0.25) is 9.69 Å². The van der Waals surface area contributed by atoms with Crippen LogP contribution < -0.4 is 5.32 Å². The van der Waals surface area contributed by atoms with Gasteiger partial charge >= 0.3 is 6.03 Å². The van der Waals surface area contributed by atoms with Crippen molar-refractivity contribution in [2.75, 3.05) is 0 Å². The molecule has 1 aliphatic heterocycles. The fraction of sp³-hybridized carbons (Fsp3) is 0.158. The summed E-state index contributed by atoms with van der Waals surface area (Å²) in [4.78, 5) is 26.6. The minimum absolute atomic E-state index is 0.0149. The fourth-order valence-electron chi connectivity index (χ4n) is 3.08. The van der Waals surface area contributed by atoms with Crippen LogP contribution in [0.1, 0.15) is 18.2 Å². The second-order valence-electron chi connectivity index (χ2n) is 6.30. The number of para-hydroxylation sites is 1. The molecule has 5 nitrogen and oxygen atoms in total. The average Bonchev–Trinajstić information content (AvgIpc) is 3.13. The summed E-state index contributed by atoms with van der Waals surface area (Å²) in [6.45, 7) is 1.61. The molecule has 0 aliphatic carbocycles. The van der Waals surface area contributed by atoms with Crippen LogP contribution in [0.3, 0.4) is 0 Å². The normalized spacial score (nSPS) is 20.0. The summed E-state index contributed by atoms with van der Waals surface area (Å²) in [7, 11) is 0. The maximum absolute atomic E-state index is 13.0. The summed E-state index contributed by atoms with van der Waals surface area (Å²) in [5.74, 6) is -0.0395. The number of benzene rings is 2.